The number of halogens is 3. The maximum atomic E-state index is 13.9. The molecule has 226 valence electrons. The molecule has 3 aromatic carbocycles. The largest absolute Gasteiger partial charge is 0.354 e. The van der Waals surface area contributed by atoms with Crippen LogP contribution in [0.25, 0.3) is 0 Å². The molecule has 0 spiro atoms. The third-order valence-corrected chi connectivity index (χ3v) is 8.90. The van der Waals surface area contributed by atoms with E-state index in [-0.39, 0.29) is 37.7 Å². The lowest BCUT2D eigenvalue weighted by Crippen LogP contribution is -2.50. The summed E-state index contributed by atoms with van der Waals surface area (Å²) in [5.41, 5.74) is 2.83. The van der Waals surface area contributed by atoms with E-state index in [0.29, 0.717) is 39.3 Å². The third kappa shape index (κ3) is 9.63. The molecule has 0 aliphatic heterocycles. The zero-order valence-electron chi connectivity index (χ0n) is 23.9. The number of carbonyl (C=O) groups is 2. The molecule has 2 amide bonds. The van der Waals surface area contributed by atoms with Crippen molar-refractivity contribution in [3.8, 4) is 0 Å². The fourth-order valence-corrected chi connectivity index (χ4v) is 6.09. The molecule has 1 atom stereocenters. The van der Waals surface area contributed by atoms with E-state index < -0.39 is 16.1 Å². The van der Waals surface area contributed by atoms with E-state index in [4.69, 9.17) is 34.8 Å². The van der Waals surface area contributed by atoms with Crippen molar-refractivity contribution in [3.63, 3.8) is 0 Å². The van der Waals surface area contributed by atoms with Gasteiger partial charge in [0.25, 0.3) is 0 Å². The lowest BCUT2D eigenvalue weighted by atomic mass is 10.0. The van der Waals surface area contributed by atoms with Crippen LogP contribution in [0.4, 0.5) is 5.69 Å². The molecule has 0 aromatic heterocycles. The molecule has 3 rings (SSSR count). The van der Waals surface area contributed by atoms with Crippen molar-refractivity contribution in [1.29, 1.82) is 0 Å². The van der Waals surface area contributed by atoms with E-state index in [1.54, 1.807) is 48.2 Å². The summed E-state index contributed by atoms with van der Waals surface area (Å²) in [6, 6.07) is 18.9. The van der Waals surface area contributed by atoms with Crippen molar-refractivity contribution in [1.82, 2.24) is 10.2 Å². The van der Waals surface area contributed by atoms with Crippen LogP contribution in [-0.2, 0) is 32.6 Å². The lowest BCUT2D eigenvalue weighted by molar-refractivity contribution is -0.141. The smallest absolute Gasteiger partial charge is 0.243 e. The number of nitrogens with one attached hydrogen (secondary N) is 1. The second kappa shape index (κ2) is 15.6. The topological polar surface area (TPSA) is 86.8 Å². The quantitative estimate of drug-likeness (QED) is 0.211. The van der Waals surface area contributed by atoms with Crippen molar-refractivity contribution in [2.75, 3.05) is 23.7 Å². The van der Waals surface area contributed by atoms with Crippen LogP contribution >= 0.6 is 34.8 Å². The predicted octanol–water partition coefficient (Wildman–Crippen LogP) is 6.67. The van der Waals surface area contributed by atoms with Crippen molar-refractivity contribution in [3.05, 3.63) is 98.5 Å². The second-order valence-electron chi connectivity index (χ2n) is 10.1. The summed E-state index contributed by atoms with van der Waals surface area (Å²) in [5, 5.41) is 4.08. The summed E-state index contributed by atoms with van der Waals surface area (Å²) in [5.74, 6) is -0.550. The average Bonchev–Trinajstić information content (AvgIpc) is 2.94. The van der Waals surface area contributed by atoms with Gasteiger partial charge < -0.3 is 10.2 Å². The van der Waals surface area contributed by atoms with Gasteiger partial charge in [0.2, 0.25) is 21.8 Å². The fraction of sp³-hybridized carbons (Fsp3) is 0.355. The first-order valence-electron chi connectivity index (χ1n) is 13.7. The first kappa shape index (κ1) is 33.7. The molecule has 0 aliphatic rings. The summed E-state index contributed by atoms with van der Waals surface area (Å²) in [6.45, 7) is 4.42. The van der Waals surface area contributed by atoms with E-state index in [1.165, 1.54) is 4.31 Å². The minimum Gasteiger partial charge on any atom is -0.354 e. The Labute approximate surface area is 263 Å². The number of hydrogen-bond acceptors (Lipinski definition) is 4. The Morgan fingerprint density at radius 3 is 2.29 bits per heavy atom. The number of amides is 2. The molecule has 0 unspecified atom stereocenters. The zero-order valence-corrected chi connectivity index (χ0v) is 27.0. The molecular weight excluding hydrogens is 617 g/mol. The Balaban J connectivity index is 1.91. The number of nitrogens with zero attached hydrogens (tertiary/aromatic N) is 2. The fourth-order valence-electron chi connectivity index (χ4n) is 4.59. The maximum Gasteiger partial charge on any atom is 0.243 e. The summed E-state index contributed by atoms with van der Waals surface area (Å²) in [7, 11) is -3.66. The maximum absolute atomic E-state index is 13.9. The summed E-state index contributed by atoms with van der Waals surface area (Å²) in [6.07, 6.45) is 2.42. The van der Waals surface area contributed by atoms with Gasteiger partial charge in [0.1, 0.15) is 6.04 Å². The van der Waals surface area contributed by atoms with Gasteiger partial charge in [0.15, 0.2) is 0 Å². The van der Waals surface area contributed by atoms with Gasteiger partial charge in [0, 0.05) is 37.5 Å². The van der Waals surface area contributed by atoms with Crippen molar-refractivity contribution in [2.24, 2.45) is 0 Å². The average molecular weight is 653 g/mol. The normalized spacial score (nSPS) is 12.0. The molecule has 0 bridgehead atoms. The molecule has 1 N–H and O–H groups in total. The van der Waals surface area contributed by atoms with Gasteiger partial charge in [-0.3, -0.25) is 13.9 Å². The Morgan fingerprint density at radius 2 is 1.64 bits per heavy atom. The molecule has 0 aliphatic carbocycles. The lowest BCUT2D eigenvalue weighted by Gasteiger charge is -2.32. The van der Waals surface area contributed by atoms with E-state index >= 15 is 0 Å². The van der Waals surface area contributed by atoms with E-state index in [9.17, 15) is 18.0 Å². The van der Waals surface area contributed by atoms with Gasteiger partial charge in [-0.1, -0.05) is 84.2 Å². The van der Waals surface area contributed by atoms with Crippen LogP contribution in [0, 0.1) is 6.92 Å². The molecule has 0 radical (unpaired) electrons. The third-order valence-electron chi connectivity index (χ3n) is 6.75. The summed E-state index contributed by atoms with van der Waals surface area (Å²) >= 11 is 18.6. The van der Waals surface area contributed by atoms with Gasteiger partial charge >= 0.3 is 0 Å². The predicted molar refractivity (Wildman–Crippen MR) is 172 cm³/mol. The number of aryl methyl sites for hydroxylation is 1. The van der Waals surface area contributed by atoms with Gasteiger partial charge in [0.05, 0.1) is 22.0 Å². The van der Waals surface area contributed by atoms with Crippen molar-refractivity contribution >= 4 is 62.3 Å². The Hall–Kier alpha value is -2.78. The molecule has 3 aromatic rings. The van der Waals surface area contributed by atoms with Crippen LogP contribution in [-0.4, -0.2) is 50.5 Å². The molecule has 11 heteroatoms. The van der Waals surface area contributed by atoms with Crippen molar-refractivity contribution < 1.29 is 18.0 Å². The number of carbonyl (C=O) groups excluding carboxylic acids is 2. The molecule has 0 fully saturated rings. The zero-order chi connectivity index (χ0) is 30.9. The first-order valence-corrected chi connectivity index (χ1v) is 16.7. The number of benzene rings is 3. The first-order chi connectivity index (χ1) is 19.9. The van der Waals surface area contributed by atoms with Crippen molar-refractivity contribution in [2.45, 2.75) is 52.1 Å². The molecule has 0 heterocycles. The summed E-state index contributed by atoms with van der Waals surface area (Å²) in [4.78, 5) is 28.9. The standard InChI is InChI=1S/C31H36Cl3N3O4S/c1-4-16-35-31(39)29(19-23-9-6-5-7-10-23)36(21-24-13-15-26(33)27(34)18-24)30(38)11-8-17-37(42(3,40)41)28-20-25(32)14-12-22(28)2/h5-7,9-10,12-15,18,20,29H,4,8,11,16-17,19,21H2,1-3H3,(H,35,39)/t29-/m1/s1. The Kier molecular flexibility index (Phi) is 12.5. The van der Waals surface area contributed by atoms with E-state index in [0.717, 1.165) is 23.8 Å². The number of hydrogen-bond donors (Lipinski definition) is 1. The highest BCUT2D eigenvalue weighted by atomic mass is 35.5. The molecule has 0 saturated carbocycles. The molecular formula is C31H36Cl3N3O4S. The molecule has 0 saturated heterocycles. The molecule has 7 nitrogen and oxygen atoms in total. The Morgan fingerprint density at radius 1 is 0.929 bits per heavy atom. The number of sulfonamides is 1. The van der Waals surface area contributed by atoms with Crippen LogP contribution < -0.4 is 9.62 Å². The van der Waals surface area contributed by atoms with Crippen LogP contribution in [0.2, 0.25) is 15.1 Å². The van der Waals surface area contributed by atoms with Crippen LogP contribution in [0.1, 0.15) is 42.9 Å². The number of rotatable bonds is 14. The Bertz CT molecular complexity index is 1490. The van der Waals surface area contributed by atoms with Gasteiger partial charge in [-0.05, 0) is 60.7 Å². The monoisotopic (exact) mass is 651 g/mol. The van der Waals surface area contributed by atoms with E-state index in [2.05, 4.69) is 5.32 Å². The highest BCUT2D eigenvalue weighted by Gasteiger charge is 2.30. The van der Waals surface area contributed by atoms with Crippen LogP contribution in [0.15, 0.2) is 66.7 Å². The van der Waals surface area contributed by atoms with Gasteiger partial charge in [-0.15, -0.1) is 0 Å². The van der Waals surface area contributed by atoms with Gasteiger partial charge in [-0.25, -0.2) is 8.42 Å². The highest BCUT2D eigenvalue weighted by molar-refractivity contribution is 7.92. The van der Waals surface area contributed by atoms with E-state index in [1.807, 2.05) is 37.3 Å². The summed E-state index contributed by atoms with van der Waals surface area (Å²) < 4.78 is 26.7. The SMILES string of the molecule is CCCNC(=O)[C@@H](Cc1ccccc1)N(Cc1ccc(Cl)c(Cl)c1)C(=O)CCCN(c1cc(Cl)ccc1C)S(C)(=O)=O. The minimum atomic E-state index is -3.66. The minimum absolute atomic E-state index is 0.0132. The van der Waals surface area contributed by atoms with Gasteiger partial charge in [-0.2, -0.15) is 0 Å². The molecule has 42 heavy (non-hydrogen) atoms. The number of anilines is 1. The van der Waals surface area contributed by atoms with Crippen LogP contribution in [0.3, 0.4) is 0 Å². The second-order valence-corrected chi connectivity index (χ2v) is 13.3. The highest BCUT2D eigenvalue weighted by Crippen LogP contribution is 2.28. The van der Waals surface area contributed by atoms with Crippen LogP contribution in [0.5, 0.6) is 0 Å².